The van der Waals surface area contributed by atoms with Crippen LogP contribution >= 0.6 is 11.6 Å². The Hall–Kier alpha value is -1.94. The molecule has 0 radical (unpaired) electrons. The predicted octanol–water partition coefficient (Wildman–Crippen LogP) is 4.29. The number of benzene rings is 2. The minimum atomic E-state index is -1.20. The largest absolute Gasteiger partial charge is 0.478 e. The zero-order valence-electron chi connectivity index (χ0n) is 9.88. The number of rotatable bonds is 2. The van der Waals surface area contributed by atoms with Crippen molar-refractivity contribution in [2.24, 2.45) is 0 Å². The van der Waals surface area contributed by atoms with Crippen molar-refractivity contribution < 1.29 is 18.7 Å². The highest BCUT2D eigenvalue weighted by atomic mass is 35.5. The molecule has 0 aliphatic rings. The highest BCUT2D eigenvalue weighted by Crippen LogP contribution is 2.33. The maximum absolute atomic E-state index is 13.3. The van der Waals surface area contributed by atoms with E-state index < -0.39 is 17.6 Å². The SMILES string of the molecule is Cc1cc(-c2cc(F)ccc2C(=O)O)c(Cl)cc1F. The number of carboxylic acids is 1. The van der Waals surface area contributed by atoms with Gasteiger partial charge in [-0.05, 0) is 42.8 Å². The highest BCUT2D eigenvalue weighted by molar-refractivity contribution is 6.33. The van der Waals surface area contributed by atoms with Crippen molar-refractivity contribution in [1.29, 1.82) is 0 Å². The minimum Gasteiger partial charge on any atom is -0.478 e. The van der Waals surface area contributed by atoms with Gasteiger partial charge < -0.3 is 5.11 Å². The van der Waals surface area contributed by atoms with E-state index in [0.29, 0.717) is 5.56 Å². The lowest BCUT2D eigenvalue weighted by atomic mass is 9.98. The summed E-state index contributed by atoms with van der Waals surface area (Å²) in [7, 11) is 0. The van der Waals surface area contributed by atoms with Gasteiger partial charge >= 0.3 is 5.97 Å². The van der Waals surface area contributed by atoms with Crippen molar-refractivity contribution in [1.82, 2.24) is 0 Å². The van der Waals surface area contributed by atoms with Gasteiger partial charge in [0, 0.05) is 11.1 Å². The molecule has 98 valence electrons. The maximum atomic E-state index is 13.3. The van der Waals surface area contributed by atoms with Gasteiger partial charge in [0.05, 0.1) is 10.6 Å². The molecule has 0 aliphatic carbocycles. The molecular weight excluding hydrogens is 274 g/mol. The molecule has 0 aromatic heterocycles. The molecule has 1 N–H and O–H groups in total. The van der Waals surface area contributed by atoms with Crippen LogP contribution in [0.25, 0.3) is 11.1 Å². The normalized spacial score (nSPS) is 10.5. The Morgan fingerprint density at radius 3 is 2.47 bits per heavy atom. The van der Waals surface area contributed by atoms with Crippen LogP contribution in [0.5, 0.6) is 0 Å². The lowest BCUT2D eigenvalue weighted by molar-refractivity contribution is 0.0697. The molecular formula is C14H9ClF2O2. The van der Waals surface area contributed by atoms with Gasteiger partial charge in [0.1, 0.15) is 11.6 Å². The third kappa shape index (κ3) is 2.58. The van der Waals surface area contributed by atoms with Crippen LogP contribution in [0.4, 0.5) is 8.78 Å². The fourth-order valence-corrected chi connectivity index (χ4v) is 2.04. The number of hydrogen-bond donors (Lipinski definition) is 1. The molecule has 5 heteroatoms. The molecule has 0 fully saturated rings. The Balaban J connectivity index is 2.74. The van der Waals surface area contributed by atoms with Crippen molar-refractivity contribution in [3.63, 3.8) is 0 Å². The van der Waals surface area contributed by atoms with Crippen LogP contribution in [0.1, 0.15) is 15.9 Å². The maximum Gasteiger partial charge on any atom is 0.336 e. The van der Waals surface area contributed by atoms with Gasteiger partial charge in [0.2, 0.25) is 0 Å². The van der Waals surface area contributed by atoms with Crippen molar-refractivity contribution in [3.05, 3.63) is 58.1 Å². The fourth-order valence-electron chi connectivity index (χ4n) is 1.79. The summed E-state index contributed by atoms with van der Waals surface area (Å²) < 4.78 is 26.6. The number of carboxylic acid groups (broad SMARTS) is 1. The average molecular weight is 283 g/mol. The zero-order valence-corrected chi connectivity index (χ0v) is 10.6. The number of carbonyl (C=O) groups is 1. The number of hydrogen-bond acceptors (Lipinski definition) is 1. The zero-order chi connectivity index (χ0) is 14.2. The molecule has 2 aromatic rings. The van der Waals surface area contributed by atoms with Gasteiger partial charge in [0.15, 0.2) is 0 Å². The summed E-state index contributed by atoms with van der Waals surface area (Å²) in [6.45, 7) is 1.52. The third-order valence-electron chi connectivity index (χ3n) is 2.75. The molecule has 0 unspecified atom stereocenters. The van der Waals surface area contributed by atoms with Gasteiger partial charge in [-0.15, -0.1) is 0 Å². The quantitative estimate of drug-likeness (QED) is 0.892. The standard InChI is InChI=1S/C14H9ClF2O2/c1-7-4-11(12(15)6-13(7)17)10-5-8(16)2-3-9(10)14(18)19/h2-6H,1H3,(H,18,19). The van der Waals surface area contributed by atoms with Crippen LogP contribution in [0.15, 0.2) is 30.3 Å². The van der Waals surface area contributed by atoms with Gasteiger partial charge in [0.25, 0.3) is 0 Å². The molecule has 2 aromatic carbocycles. The first kappa shape index (κ1) is 13.5. The molecule has 2 nitrogen and oxygen atoms in total. The topological polar surface area (TPSA) is 37.3 Å². The second-order valence-corrected chi connectivity index (χ2v) is 4.48. The second kappa shape index (κ2) is 4.97. The second-order valence-electron chi connectivity index (χ2n) is 4.08. The van der Waals surface area contributed by atoms with E-state index in [-0.39, 0.29) is 21.7 Å². The summed E-state index contributed by atoms with van der Waals surface area (Å²) >= 11 is 5.91. The number of aryl methyl sites for hydroxylation is 1. The van der Waals surface area contributed by atoms with E-state index in [1.165, 1.54) is 13.0 Å². The van der Waals surface area contributed by atoms with Crippen LogP contribution in [-0.2, 0) is 0 Å². The van der Waals surface area contributed by atoms with Crippen molar-refractivity contribution >= 4 is 17.6 Å². The third-order valence-corrected chi connectivity index (χ3v) is 3.06. The number of halogens is 3. The molecule has 0 atom stereocenters. The Labute approximate surface area is 113 Å². The molecule has 0 aliphatic heterocycles. The van der Waals surface area contributed by atoms with Crippen molar-refractivity contribution in [2.75, 3.05) is 0 Å². The summed E-state index contributed by atoms with van der Waals surface area (Å²) in [5, 5.41) is 9.13. The smallest absolute Gasteiger partial charge is 0.336 e. The van der Waals surface area contributed by atoms with Gasteiger partial charge in [-0.3, -0.25) is 0 Å². The summed E-state index contributed by atoms with van der Waals surface area (Å²) in [5.74, 6) is -2.28. The molecule has 0 amide bonds. The minimum absolute atomic E-state index is 0.0381. The molecule has 2 rings (SSSR count). The molecule has 0 spiro atoms. The van der Waals surface area contributed by atoms with Crippen LogP contribution in [-0.4, -0.2) is 11.1 Å². The Kier molecular flexibility index (Phi) is 3.53. The van der Waals surface area contributed by atoms with E-state index in [4.69, 9.17) is 16.7 Å². The van der Waals surface area contributed by atoms with Crippen LogP contribution < -0.4 is 0 Å². The van der Waals surface area contributed by atoms with Crippen LogP contribution in [0, 0.1) is 18.6 Å². The highest BCUT2D eigenvalue weighted by Gasteiger charge is 2.16. The van der Waals surface area contributed by atoms with Gasteiger partial charge in [-0.25, -0.2) is 13.6 Å². The first-order chi connectivity index (χ1) is 8.90. The monoisotopic (exact) mass is 282 g/mol. The predicted molar refractivity (Wildman–Crippen MR) is 68.5 cm³/mol. The fraction of sp³-hybridized carbons (Fsp3) is 0.0714. The summed E-state index contributed by atoms with van der Waals surface area (Å²) in [4.78, 5) is 11.1. The first-order valence-electron chi connectivity index (χ1n) is 5.39. The lowest BCUT2D eigenvalue weighted by Gasteiger charge is -2.10. The average Bonchev–Trinajstić information content (AvgIpc) is 2.33. The van der Waals surface area contributed by atoms with E-state index in [0.717, 1.165) is 24.3 Å². The van der Waals surface area contributed by atoms with E-state index >= 15 is 0 Å². The molecule has 0 saturated heterocycles. The van der Waals surface area contributed by atoms with E-state index in [1.54, 1.807) is 0 Å². The molecule has 0 heterocycles. The lowest BCUT2D eigenvalue weighted by Crippen LogP contribution is -2.01. The van der Waals surface area contributed by atoms with Crippen molar-refractivity contribution in [2.45, 2.75) is 6.92 Å². The summed E-state index contributed by atoms with van der Waals surface area (Å²) in [5.41, 5.74) is 0.632. The van der Waals surface area contributed by atoms with Gasteiger partial charge in [-0.2, -0.15) is 0 Å². The van der Waals surface area contributed by atoms with Crippen molar-refractivity contribution in [3.8, 4) is 11.1 Å². The van der Waals surface area contributed by atoms with E-state index in [1.807, 2.05) is 0 Å². The van der Waals surface area contributed by atoms with Crippen LogP contribution in [0.2, 0.25) is 5.02 Å². The molecule has 0 saturated carbocycles. The Morgan fingerprint density at radius 1 is 1.16 bits per heavy atom. The first-order valence-corrected chi connectivity index (χ1v) is 5.77. The Bertz CT molecular complexity index is 669. The van der Waals surface area contributed by atoms with E-state index in [9.17, 15) is 13.6 Å². The number of aromatic carboxylic acids is 1. The molecule has 19 heavy (non-hydrogen) atoms. The molecule has 0 bridgehead atoms. The van der Waals surface area contributed by atoms with E-state index in [2.05, 4.69) is 0 Å². The van der Waals surface area contributed by atoms with Gasteiger partial charge in [-0.1, -0.05) is 11.6 Å². The Morgan fingerprint density at radius 2 is 1.84 bits per heavy atom. The summed E-state index contributed by atoms with van der Waals surface area (Å²) in [6.07, 6.45) is 0. The van der Waals surface area contributed by atoms with Crippen LogP contribution in [0.3, 0.4) is 0 Å². The summed E-state index contributed by atoms with van der Waals surface area (Å²) in [6, 6.07) is 5.77.